The van der Waals surface area contributed by atoms with Crippen LogP contribution >= 0.6 is 0 Å². The van der Waals surface area contributed by atoms with E-state index in [-0.39, 0.29) is 0 Å². The van der Waals surface area contributed by atoms with Crippen molar-refractivity contribution < 1.29 is 17.9 Å². The second-order valence-corrected chi connectivity index (χ2v) is 10.6. The Morgan fingerprint density at radius 2 is 1.70 bits per heavy atom. The normalized spacial score (nSPS) is 23.4. The number of anilines is 1. The maximum Gasteiger partial charge on any atom is 0.243 e. The fourth-order valence-electron chi connectivity index (χ4n) is 4.67. The van der Waals surface area contributed by atoms with Crippen molar-refractivity contribution in [3.63, 3.8) is 0 Å². The van der Waals surface area contributed by atoms with Gasteiger partial charge in [0.1, 0.15) is 5.82 Å². The Balaban J connectivity index is 1.34. The zero-order valence-corrected chi connectivity index (χ0v) is 18.2. The summed E-state index contributed by atoms with van der Waals surface area (Å²) in [7, 11) is -3.45. The number of benzene rings is 1. The van der Waals surface area contributed by atoms with Crippen LogP contribution in [0.15, 0.2) is 35.2 Å². The van der Waals surface area contributed by atoms with Crippen molar-refractivity contribution in [3.8, 4) is 0 Å². The summed E-state index contributed by atoms with van der Waals surface area (Å²) in [5, 5.41) is 0.848. The van der Waals surface area contributed by atoms with E-state index in [1.54, 1.807) is 16.4 Å². The predicted molar refractivity (Wildman–Crippen MR) is 115 cm³/mol. The molecule has 0 amide bonds. The van der Waals surface area contributed by atoms with Crippen molar-refractivity contribution in [3.05, 3.63) is 30.3 Å². The first kappa shape index (κ1) is 20.2. The van der Waals surface area contributed by atoms with Gasteiger partial charge in [-0.05, 0) is 49.1 Å². The number of hydrogen-bond acceptors (Lipinski definition) is 6. The second kappa shape index (κ2) is 7.75. The first-order chi connectivity index (χ1) is 14.5. The number of aromatic nitrogens is 1. The van der Waals surface area contributed by atoms with E-state index >= 15 is 0 Å². The standard InChI is InChI=1S/C22H29N3O4S/c1-17-6-10-25(11-7-17)30(26,27)19-3-4-20-18(16-19)2-5-21(23-20)24-12-8-22(9-13-24)28-14-15-29-22/h2-5,16-17H,6-15H2,1H3. The van der Waals surface area contributed by atoms with E-state index in [0.717, 1.165) is 55.5 Å². The summed E-state index contributed by atoms with van der Waals surface area (Å²) in [4.78, 5) is 7.40. The summed E-state index contributed by atoms with van der Waals surface area (Å²) < 4.78 is 39.3. The van der Waals surface area contributed by atoms with Crippen LogP contribution in [0.4, 0.5) is 5.82 Å². The van der Waals surface area contributed by atoms with Crippen LogP contribution in [0.3, 0.4) is 0 Å². The lowest BCUT2D eigenvalue weighted by molar-refractivity contribution is -0.169. The van der Waals surface area contributed by atoms with Crippen molar-refractivity contribution >= 4 is 26.7 Å². The molecule has 4 heterocycles. The van der Waals surface area contributed by atoms with Crippen LogP contribution in [0.25, 0.3) is 10.9 Å². The molecule has 1 aromatic heterocycles. The minimum atomic E-state index is -3.45. The molecule has 0 saturated carbocycles. The van der Waals surface area contributed by atoms with E-state index in [1.807, 2.05) is 18.2 Å². The Hall–Kier alpha value is -1.74. The molecule has 3 aliphatic rings. The number of rotatable bonds is 3. The number of nitrogens with zero attached hydrogens (tertiary/aromatic N) is 3. The van der Waals surface area contributed by atoms with Gasteiger partial charge in [-0.1, -0.05) is 6.92 Å². The van der Waals surface area contributed by atoms with Gasteiger partial charge in [-0.15, -0.1) is 0 Å². The largest absolute Gasteiger partial charge is 0.356 e. The summed E-state index contributed by atoms with van der Waals surface area (Å²) in [6.45, 7) is 6.40. The molecule has 0 aliphatic carbocycles. The molecule has 7 nitrogen and oxygen atoms in total. The van der Waals surface area contributed by atoms with Crippen LogP contribution in [0.5, 0.6) is 0 Å². The van der Waals surface area contributed by atoms with Gasteiger partial charge in [0.25, 0.3) is 0 Å². The van der Waals surface area contributed by atoms with E-state index in [4.69, 9.17) is 14.5 Å². The fourth-order valence-corrected chi connectivity index (χ4v) is 6.17. The van der Waals surface area contributed by atoms with Crippen LogP contribution in [0, 0.1) is 5.92 Å². The molecule has 3 aliphatic heterocycles. The molecule has 0 radical (unpaired) electrons. The van der Waals surface area contributed by atoms with Crippen LogP contribution < -0.4 is 4.90 Å². The van der Waals surface area contributed by atoms with Gasteiger partial charge in [0.05, 0.1) is 23.6 Å². The molecule has 0 N–H and O–H groups in total. The summed E-state index contributed by atoms with van der Waals surface area (Å²) in [5.74, 6) is 1.10. The second-order valence-electron chi connectivity index (χ2n) is 8.71. The monoisotopic (exact) mass is 431 g/mol. The maximum atomic E-state index is 13.0. The highest BCUT2D eigenvalue weighted by atomic mass is 32.2. The minimum absolute atomic E-state index is 0.356. The molecule has 30 heavy (non-hydrogen) atoms. The Morgan fingerprint density at radius 1 is 1.00 bits per heavy atom. The van der Waals surface area contributed by atoms with Crippen LogP contribution in [-0.4, -0.2) is 62.9 Å². The molecule has 0 bridgehead atoms. The summed E-state index contributed by atoms with van der Waals surface area (Å²) in [6.07, 6.45) is 3.51. The van der Waals surface area contributed by atoms with Crippen molar-refractivity contribution in [2.24, 2.45) is 5.92 Å². The van der Waals surface area contributed by atoms with Gasteiger partial charge in [-0.25, -0.2) is 13.4 Å². The van der Waals surface area contributed by atoms with Gasteiger partial charge in [-0.3, -0.25) is 0 Å². The lowest BCUT2D eigenvalue weighted by Gasteiger charge is -2.38. The van der Waals surface area contributed by atoms with Crippen molar-refractivity contribution in [1.29, 1.82) is 0 Å². The minimum Gasteiger partial charge on any atom is -0.356 e. The molecule has 3 fully saturated rings. The zero-order chi connectivity index (χ0) is 20.8. The molecule has 1 spiro atoms. The fraction of sp³-hybridized carbons (Fsp3) is 0.591. The smallest absolute Gasteiger partial charge is 0.243 e. The number of pyridine rings is 1. The maximum absolute atomic E-state index is 13.0. The number of sulfonamides is 1. The van der Waals surface area contributed by atoms with Gasteiger partial charge in [0, 0.05) is 44.4 Å². The van der Waals surface area contributed by atoms with Gasteiger partial charge in [0.15, 0.2) is 5.79 Å². The number of piperidine rings is 2. The molecular formula is C22H29N3O4S. The first-order valence-corrected chi connectivity index (χ1v) is 12.3. The quantitative estimate of drug-likeness (QED) is 0.744. The van der Waals surface area contributed by atoms with E-state index in [1.165, 1.54) is 0 Å². The summed E-state index contributed by atoms with van der Waals surface area (Å²) >= 11 is 0. The molecular weight excluding hydrogens is 402 g/mol. The third-order valence-electron chi connectivity index (χ3n) is 6.69. The third-order valence-corrected chi connectivity index (χ3v) is 8.58. The molecule has 1 aromatic carbocycles. The topological polar surface area (TPSA) is 72.0 Å². The van der Waals surface area contributed by atoms with Gasteiger partial charge >= 0.3 is 0 Å². The molecule has 8 heteroatoms. The lowest BCUT2D eigenvalue weighted by atomic mass is 10.0. The number of ether oxygens (including phenoxy) is 2. The third kappa shape index (κ3) is 3.70. The van der Waals surface area contributed by atoms with Crippen LogP contribution in [0.1, 0.15) is 32.6 Å². The van der Waals surface area contributed by atoms with Gasteiger partial charge in [0.2, 0.25) is 10.0 Å². The molecule has 0 unspecified atom stereocenters. The number of hydrogen-bond donors (Lipinski definition) is 0. The Kier molecular flexibility index (Phi) is 5.21. The highest BCUT2D eigenvalue weighted by Crippen LogP contribution is 2.33. The first-order valence-electron chi connectivity index (χ1n) is 10.9. The average molecular weight is 432 g/mol. The van der Waals surface area contributed by atoms with Gasteiger partial charge < -0.3 is 14.4 Å². The van der Waals surface area contributed by atoms with E-state index < -0.39 is 15.8 Å². The van der Waals surface area contributed by atoms with Crippen LogP contribution in [-0.2, 0) is 19.5 Å². The molecule has 2 aromatic rings. The van der Waals surface area contributed by atoms with Crippen molar-refractivity contribution in [1.82, 2.24) is 9.29 Å². The Bertz CT molecular complexity index is 1020. The van der Waals surface area contributed by atoms with E-state index in [2.05, 4.69) is 11.8 Å². The van der Waals surface area contributed by atoms with Crippen LogP contribution in [0.2, 0.25) is 0 Å². The lowest BCUT2D eigenvalue weighted by Crippen LogP contribution is -2.45. The Labute approximate surface area is 178 Å². The number of fused-ring (bicyclic) bond motifs is 1. The Morgan fingerprint density at radius 3 is 2.40 bits per heavy atom. The molecule has 0 atom stereocenters. The van der Waals surface area contributed by atoms with E-state index in [9.17, 15) is 8.42 Å². The average Bonchev–Trinajstić information content (AvgIpc) is 3.22. The predicted octanol–water partition coefficient (Wildman–Crippen LogP) is 3.00. The van der Waals surface area contributed by atoms with Gasteiger partial charge in [-0.2, -0.15) is 4.31 Å². The zero-order valence-electron chi connectivity index (χ0n) is 17.4. The van der Waals surface area contributed by atoms with Crippen molar-refractivity contribution in [2.75, 3.05) is 44.3 Å². The molecule has 162 valence electrons. The summed E-state index contributed by atoms with van der Waals surface area (Å²) in [5.41, 5.74) is 0.812. The highest BCUT2D eigenvalue weighted by Gasteiger charge is 2.40. The van der Waals surface area contributed by atoms with Crippen molar-refractivity contribution in [2.45, 2.75) is 43.3 Å². The SMILES string of the molecule is CC1CCN(S(=O)(=O)c2ccc3nc(N4CCC5(CC4)OCCO5)ccc3c2)CC1. The summed E-state index contributed by atoms with van der Waals surface area (Å²) in [6, 6.07) is 9.23. The van der Waals surface area contributed by atoms with E-state index in [0.29, 0.717) is 37.1 Å². The highest BCUT2D eigenvalue weighted by molar-refractivity contribution is 7.89. The molecule has 5 rings (SSSR count). The molecule has 3 saturated heterocycles.